The highest BCUT2D eigenvalue weighted by Crippen LogP contribution is 2.28. The van der Waals surface area contributed by atoms with E-state index in [2.05, 4.69) is 20.7 Å². The molecule has 0 saturated carbocycles. The van der Waals surface area contributed by atoms with Crippen LogP contribution in [0.15, 0.2) is 54.6 Å². The first-order chi connectivity index (χ1) is 12.6. The van der Waals surface area contributed by atoms with Gasteiger partial charge in [0, 0.05) is 11.3 Å². The SMILES string of the molecule is Cc1ccccc1NC(=O)C[C@@H]1C(=O)Nc2nc(-c3ccccc3)nn21. The standard InChI is InChI=1S/C19H17N5O2/c1-12-7-5-6-10-14(12)20-16(25)11-15-18(26)22-19-21-17(23-24(15)19)13-8-3-2-4-9-13/h2-10,15H,11H2,1H3,(H,20,25)(H,21,22,23,26)/t15-/m1/s1. The lowest BCUT2D eigenvalue weighted by Gasteiger charge is -2.11. The van der Waals surface area contributed by atoms with Gasteiger partial charge in [-0.05, 0) is 18.6 Å². The summed E-state index contributed by atoms with van der Waals surface area (Å²) in [5, 5.41) is 9.95. The van der Waals surface area contributed by atoms with E-state index in [1.165, 1.54) is 4.68 Å². The average molecular weight is 347 g/mol. The Morgan fingerprint density at radius 1 is 1.15 bits per heavy atom. The molecule has 2 aromatic carbocycles. The summed E-state index contributed by atoms with van der Waals surface area (Å²) in [7, 11) is 0. The zero-order chi connectivity index (χ0) is 18.1. The van der Waals surface area contributed by atoms with Gasteiger partial charge < -0.3 is 5.32 Å². The van der Waals surface area contributed by atoms with Gasteiger partial charge >= 0.3 is 0 Å². The van der Waals surface area contributed by atoms with Crippen molar-refractivity contribution in [3.05, 3.63) is 60.2 Å². The van der Waals surface area contributed by atoms with Crippen LogP contribution < -0.4 is 10.6 Å². The zero-order valence-corrected chi connectivity index (χ0v) is 14.1. The fourth-order valence-corrected chi connectivity index (χ4v) is 2.91. The molecule has 0 fully saturated rings. The maximum absolute atomic E-state index is 12.4. The van der Waals surface area contributed by atoms with Crippen molar-refractivity contribution in [1.29, 1.82) is 0 Å². The Morgan fingerprint density at radius 2 is 1.88 bits per heavy atom. The maximum atomic E-state index is 12.4. The molecule has 0 bridgehead atoms. The van der Waals surface area contributed by atoms with Crippen molar-refractivity contribution in [3.8, 4) is 11.4 Å². The van der Waals surface area contributed by atoms with E-state index < -0.39 is 6.04 Å². The van der Waals surface area contributed by atoms with Crippen LogP contribution in [-0.2, 0) is 9.59 Å². The Bertz CT molecular complexity index is 981. The van der Waals surface area contributed by atoms with Gasteiger partial charge in [-0.3, -0.25) is 14.9 Å². The number of rotatable bonds is 4. The van der Waals surface area contributed by atoms with Crippen LogP contribution in [0.2, 0.25) is 0 Å². The van der Waals surface area contributed by atoms with Crippen molar-refractivity contribution in [3.63, 3.8) is 0 Å². The number of aryl methyl sites for hydroxylation is 1. The minimum absolute atomic E-state index is 0.00917. The number of aromatic nitrogens is 3. The molecule has 1 aromatic heterocycles. The highest BCUT2D eigenvalue weighted by molar-refractivity contribution is 6.01. The molecule has 26 heavy (non-hydrogen) atoms. The largest absolute Gasteiger partial charge is 0.326 e. The van der Waals surface area contributed by atoms with E-state index in [0.29, 0.717) is 11.8 Å². The summed E-state index contributed by atoms with van der Waals surface area (Å²) in [5.41, 5.74) is 2.55. The highest BCUT2D eigenvalue weighted by atomic mass is 16.2. The van der Waals surface area contributed by atoms with Crippen LogP contribution in [0.5, 0.6) is 0 Å². The van der Waals surface area contributed by atoms with Crippen molar-refractivity contribution in [2.75, 3.05) is 10.6 Å². The number of nitrogens with one attached hydrogen (secondary N) is 2. The van der Waals surface area contributed by atoms with Gasteiger partial charge in [-0.25, -0.2) is 4.68 Å². The lowest BCUT2D eigenvalue weighted by molar-refractivity contribution is -0.123. The summed E-state index contributed by atoms with van der Waals surface area (Å²) in [5.74, 6) is 0.357. The number of hydrogen-bond acceptors (Lipinski definition) is 4. The molecule has 0 unspecified atom stereocenters. The maximum Gasteiger partial charge on any atom is 0.252 e. The Hall–Kier alpha value is -3.48. The predicted molar refractivity (Wildman–Crippen MR) is 97.6 cm³/mol. The van der Waals surface area contributed by atoms with Crippen LogP contribution in [-0.4, -0.2) is 26.6 Å². The first-order valence-corrected chi connectivity index (χ1v) is 8.30. The lowest BCUT2D eigenvalue weighted by atomic mass is 10.1. The van der Waals surface area contributed by atoms with Gasteiger partial charge in [-0.2, -0.15) is 4.98 Å². The molecule has 0 aliphatic carbocycles. The molecule has 1 aliphatic heterocycles. The zero-order valence-electron chi connectivity index (χ0n) is 14.1. The molecule has 0 radical (unpaired) electrons. The Labute approximate surface area is 150 Å². The van der Waals surface area contributed by atoms with Crippen molar-refractivity contribution in [1.82, 2.24) is 14.8 Å². The summed E-state index contributed by atoms with van der Waals surface area (Å²) < 4.78 is 1.49. The lowest BCUT2D eigenvalue weighted by Crippen LogP contribution is -2.24. The van der Waals surface area contributed by atoms with Crippen LogP contribution >= 0.6 is 0 Å². The van der Waals surface area contributed by atoms with E-state index in [1.807, 2.05) is 61.5 Å². The van der Waals surface area contributed by atoms with Crippen LogP contribution in [0.25, 0.3) is 11.4 Å². The molecule has 3 aromatic rings. The smallest absolute Gasteiger partial charge is 0.252 e. The number of benzene rings is 2. The molecule has 2 N–H and O–H groups in total. The molecule has 1 atom stereocenters. The molecule has 130 valence electrons. The average Bonchev–Trinajstić information content (AvgIpc) is 3.17. The first-order valence-electron chi connectivity index (χ1n) is 8.30. The number of carbonyl (C=O) groups excluding carboxylic acids is 2. The van der Waals surface area contributed by atoms with Crippen LogP contribution in [0.4, 0.5) is 11.6 Å². The summed E-state index contributed by atoms with van der Waals surface area (Å²) in [6.45, 7) is 1.92. The summed E-state index contributed by atoms with van der Waals surface area (Å²) in [6, 6.07) is 16.3. The normalized spacial score (nSPS) is 15.4. The topological polar surface area (TPSA) is 88.9 Å². The molecule has 4 rings (SSSR count). The van der Waals surface area contributed by atoms with Gasteiger partial charge in [0.25, 0.3) is 5.91 Å². The van der Waals surface area contributed by atoms with E-state index in [0.717, 1.165) is 16.8 Å². The summed E-state index contributed by atoms with van der Waals surface area (Å²) >= 11 is 0. The minimum Gasteiger partial charge on any atom is -0.326 e. The van der Waals surface area contributed by atoms with Crippen molar-refractivity contribution in [2.45, 2.75) is 19.4 Å². The summed E-state index contributed by atoms with van der Waals surface area (Å²) in [4.78, 5) is 29.0. The third-order valence-electron chi connectivity index (χ3n) is 4.29. The quantitative estimate of drug-likeness (QED) is 0.759. The molecule has 2 heterocycles. The van der Waals surface area contributed by atoms with Crippen LogP contribution in [0.1, 0.15) is 18.0 Å². The number of amides is 2. The Balaban J connectivity index is 1.53. The third kappa shape index (κ3) is 2.95. The second-order valence-corrected chi connectivity index (χ2v) is 6.14. The van der Waals surface area contributed by atoms with Crippen LogP contribution in [0.3, 0.4) is 0 Å². The van der Waals surface area contributed by atoms with E-state index in [-0.39, 0.29) is 18.2 Å². The van der Waals surface area contributed by atoms with Gasteiger partial charge in [0.15, 0.2) is 5.82 Å². The van der Waals surface area contributed by atoms with Gasteiger partial charge in [-0.15, -0.1) is 5.10 Å². The number of nitrogens with zero attached hydrogens (tertiary/aromatic N) is 3. The van der Waals surface area contributed by atoms with E-state index in [4.69, 9.17) is 0 Å². The molecule has 7 nitrogen and oxygen atoms in total. The van der Waals surface area contributed by atoms with E-state index in [9.17, 15) is 9.59 Å². The highest BCUT2D eigenvalue weighted by Gasteiger charge is 2.35. The number of para-hydroxylation sites is 1. The summed E-state index contributed by atoms with van der Waals surface area (Å²) in [6.07, 6.45) is -0.00917. The molecular weight excluding hydrogens is 330 g/mol. The monoisotopic (exact) mass is 347 g/mol. The van der Waals surface area contributed by atoms with Gasteiger partial charge in [0.1, 0.15) is 6.04 Å². The fraction of sp³-hybridized carbons (Fsp3) is 0.158. The molecule has 0 spiro atoms. The molecule has 7 heteroatoms. The first kappa shape index (κ1) is 16.0. The minimum atomic E-state index is -0.709. The van der Waals surface area contributed by atoms with Crippen molar-refractivity contribution < 1.29 is 9.59 Å². The van der Waals surface area contributed by atoms with Gasteiger partial charge in [0.05, 0.1) is 6.42 Å². The van der Waals surface area contributed by atoms with Crippen molar-refractivity contribution in [2.24, 2.45) is 0 Å². The molecule has 1 aliphatic rings. The Morgan fingerprint density at radius 3 is 2.65 bits per heavy atom. The molecule has 0 saturated heterocycles. The fourth-order valence-electron chi connectivity index (χ4n) is 2.91. The molecule has 2 amide bonds. The second kappa shape index (κ2) is 6.44. The third-order valence-corrected chi connectivity index (χ3v) is 4.29. The predicted octanol–water partition coefficient (Wildman–Crippen LogP) is 2.78. The van der Waals surface area contributed by atoms with Gasteiger partial charge in [0.2, 0.25) is 11.9 Å². The number of carbonyl (C=O) groups is 2. The van der Waals surface area contributed by atoms with E-state index >= 15 is 0 Å². The number of fused-ring (bicyclic) bond motifs is 1. The second-order valence-electron chi connectivity index (χ2n) is 6.14. The number of anilines is 2. The van der Waals surface area contributed by atoms with Crippen LogP contribution in [0, 0.1) is 6.92 Å². The van der Waals surface area contributed by atoms with Crippen molar-refractivity contribution >= 4 is 23.5 Å². The van der Waals surface area contributed by atoms with E-state index in [1.54, 1.807) is 0 Å². The molecular formula is C19H17N5O2. The van der Waals surface area contributed by atoms with Gasteiger partial charge in [-0.1, -0.05) is 48.5 Å². The number of hydrogen-bond donors (Lipinski definition) is 2. The Kier molecular flexibility index (Phi) is 3.96.